The SMILES string of the molecule is O=C(Nc1ccc(Cl)cc1)c1cc(Cl)cc(Br)c1. The van der Waals surface area contributed by atoms with Crippen LogP contribution in [-0.2, 0) is 0 Å². The number of carbonyl (C=O) groups excluding carboxylic acids is 1. The van der Waals surface area contributed by atoms with Gasteiger partial charge in [0.15, 0.2) is 0 Å². The van der Waals surface area contributed by atoms with E-state index in [2.05, 4.69) is 21.2 Å². The summed E-state index contributed by atoms with van der Waals surface area (Å²) in [4.78, 5) is 12.0. The molecule has 0 unspecified atom stereocenters. The lowest BCUT2D eigenvalue weighted by atomic mass is 10.2. The van der Waals surface area contributed by atoms with Crippen molar-refractivity contribution in [3.8, 4) is 0 Å². The van der Waals surface area contributed by atoms with Gasteiger partial charge in [-0.25, -0.2) is 0 Å². The van der Waals surface area contributed by atoms with Gasteiger partial charge < -0.3 is 5.32 Å². The average Bonchev–Trinajstić information content (AvgIpc) is 2.31. The third-order valence-corrected chi connectivity index (χ3v) is 3.15. The van der Waals surface area contributed by atoms with Crippen LogP contribution in [0.1, 0.15) is 10.4 Å². The molecular weight excluding hydrogens is 337 g/mol. The summed E-state index contributed by atoms with van der Waals surface area (Å²) in [5.74, 6) is -0.222. The van der Waals surface area contributed by atoms with Crippen LogP contribution in [-0.4, -0.2) is 5.91 Å². The van der Waals surface area contributed by atoms with Crippen molar-refractivity contribution in [2.45, 2.75) is 0 Å². The second kappa shape index (κ2) is 5.74. The van der Waals surface area contributed by atoms with Gasteiger partial charge in [-0.1, -0.05) is 39.1 Å². The molecule has 0 spiro atoms. The van der Waals surface area contributed by atoms with Gasteiger partial charge in [-0.15, -0.1) is 0 Å². The summed E-state index contributed by atoms with van der Waals surface area (Å²) in [6, 6.07) is 11.9. The highest BCUT2D eigenvalue weighted by molar-refractivity contribution is 9.10. The lowest BCUT2D eigenvalue weighted by Gasteiger charge is -2.06. The minimum Gasteiger partial charge on any atom is -0.322 e. The molecule has 2 aromatic carbocycles. The fraction of sp³-hybridized carbons (Fsp3) is 0. The maximum atomic E-state index is 12.0. The van der Waals surface area contributed by atoms with Gasteiger partial charge in [0.05, 0.1) is 0 Å². The molecule has 0 aliphatic heterocycles. The van der Waals surface area contributed by atoms with Gasteiger partial charge in [0.1, 0.15) is 0 Å². The topological polar surface area (TPSA) is 29.1 Å². The predicted octanol–water partition coefficient (Wildman–Crippen LogP) is 5.01. The highest BCUT2D eigenvalue weighted by atomic mass is 79.9. The average molecular weight is 345 g/mol. The number of halogens is 3. The molecule has 0 saturated heterocycles. The fourth-order valence-electron chi connectivity index (χ4n) is 1.42. The third kappa shape index (κ3) is 3.48. The first-order valence-corrected chi connectivity index (χ1v) is 6.62. The van der Waals surface area contributed by atoms with Crippen LogP contribution in [0.5, 0.6) is 0 Å². The molecule has 0 bridgehead atoms. The van der Waals surface area contributed by atoms with E-state index in [1.165, 1.54) is 0 Å². The number of benzene rings is 2. The van der Waals surface area contributed by atoms with E-state index in [4.69, 9.17) is 23.2 Å². The Morgan fingerprint density at radius 2 is 1.67 bits per heavy atom. The number of nitrogens with one attached hydrogen (secondary N) is 1. The van der Waals surface area contributed by atoms with Crippen molar-refractivity contribution in [3.05, 3.63) is 62.5 Å². The summed E-state index contributed by atoms with van der Waals surface area (Å²) >= 11 is 15.0. The number of amides is 1. The predicted molar refractivity (Wildman–Crippen MR) is 78.6 cm³/mol. The molecule has 1 amide bonds. The third-order valence-electron chi connectivity index (χ3n) is 2.23. The molecule has 1 N–H and O–H groups in total. The van der Waals surface area contributed by atoms with Crippen LogP contribution in [0.4, 0.5) is 5.69 Å². The molecule has 18 heavy (non-hydrogen) atoms. The van der Waals surface area contributed by atoms with Crippen molar-refractivity contribution < 1.29 is 4.79 Å². The number of hydrogen-bond acceptors (Lipinski definition) is 1. The maximum Gasteiger partial charge on any atom is 0.255 e. The Balaban J connectivity index is 2.19. The normalized spacial score (nSPS) is 10.2. The van der Waals surface area contributed by atoms with E-state index in [0.717, 1.165) is 4.47 Å². The Morgan fingerprint density at radius 3 is 2.28 bits per heavy atom. The van der Waals surface area contributed by atoms with Crippen molar-refractivity contribution in [3.63, 3.8) is 0 Å². The van der Waals surface area contributed by atoms with E-state index >= 15 is 0 Å². The van der Waals surface area contributed by atoms with Gasteiger partial charge in [-0.2, -0.15) is 0 Å². The highest BCUT2D eigenvalue weighted by Crippen LogP contribution is 2.21. The largest absolute Gasteiger partial charge is 0.322 e. The Morgan fingerprint density at radius 1 is 1.00 bits per heavy atom. The summed E-state index contributed by atoms with van der Waals surface area (Å²) in [5.41, 5.74) is 1.17. The molecule has 2 nitrogen and oxygen atoms in total. The van der Waals surface area contributed by atoms with E-state index in [0.29, 0.717) is 21.3 Å². The molecule has 0 fully saturated rings. The smallest absolute Gasteiger partial charge is 0.255 e. The minimum atomic E-state index is -0.222. The van der Waals surface area contributed by atoms with E-state index in [1.54, 1.807) is 42.5 Å². The second-order valence-corrected chi connectivity index (χ2v) is 5.41. The van der Waals surface area contributed by atoms with Crippen LogP contribution in [0.15, 0.2) is 46.9 Å². The van der Waals surface area contributed by atoms with Crippen molar-refractivity contribution in [1.29, 1.82) is 0 Å². The van der Waals surface area contributed by atoms with Gasteiger partial charge in [-0.3, -0.25) is 4.79 Å². The van der Waals surface area contributed by atoms with Crippen molar-refractivity contribution in [1.82, 2.24) is 0 Å². The van der Waals surface area contributed by atoms with Gasteiger partial charge in [0, 0.05) is 25.8 Å². The van der Waals surface area contributed by atoms with Gasteiger partial charge in [0.25, 0.3) is 5.91 Å². The van der Waals surface area contributed by atoms with Gasteiger partial charge in [0.2, 0.25) is 0 Å². The van der Waals surface area contributed by atoms with Crippen molar-refractivity contribution in [2.24, 2.45) is 0 Å². The Hall–Kier alpha value is -1.03. The number of hydrogen-bond donors (Lipinski definition) is 1. The molecule has 5 heteroatoms. The second-order valence-electron chi connectivity index (χ2n) is 3.62. The van der Waals surface area contributed by atoms with Gasteiger partial charge >= 0.3 is 0 Å². The van der Waals surface area contributed by atoms with Crippen LogP contribution in [0.25, 0.3) is 0 Å². The number of rotatable bonds is 2. The summed E-state index contributed by atoms with van der Waals surface area (Å²) in [6.07, 6.45) is 0. The number of anilines is 1. The molecule has 2 rings (SSSR count). The van der Waals surface area contributed by atoms with Gasteiger partial charge in [-0.05, 0) is 42.5 Å². The quantitative estimate of drug-likeness (QED) is 0.815. The Bertz CT molecular complexity index is 564. The molecular formula is C13H8BrCl2NO. The Kier molecular flexibility index (Phi) is 4.27. The first-order chi connectivity index (χ1) is 8.54. The molecule has 0 atom stereocenters. The van der Waals surface area contributed by atoms with Crippen LogP contribution < -0.4 is 5.32 Å². The van der Waals surface area contributed by atoms with Crippen molar-refractivity contribution >= 4 is 50.7 Å². The molecule has 0 radical (unpaired) electrons. The molecule has 0 heterocycles. The summed E-state index contributed by atoms with van der Waals surface area (Å²) in [7, 11) is 0. The van der Waals surface area contributed by atoms with E-state index in [1.807, 2.05) is 0 Å². The summed E-state index contributed by atoms with van der Waals surface area (Å²) in [5, 5.41) is 3.89. The van der Waals surface area contributed by atoms with Crippen LogP contribution in [0, 0.1) is 0 Å². The van der Waals surface area contributed by atoms with E-state index in [-0.39, 0.29) is 5.91 Å². The number of carbonyl (C=O) groups is 1. The zero-order valence-corrected chi connectivity index (χ0v) is 12.2. The molecule has 0 aliphatic rings. The first-order valence-electron chi connectivity index (χ1n) is 5.07. The fourth-order valence-corrected chi connectivity index (χ4v) is 2.41. The highest BCUT2D eigenvalue weighted by Gasteiger charge is 2.08. The monoisotopic (exact) mass is 343 g/mol. The van der Waals surface area contributed by atoms with E-state index in [9.17, 15) is 4.79 Å². The minimum absolute atomic E-state index is 0.222. The van der Waals surface area contributed by atoms with Crippen LogP contribution >= 0.6 is 39.1 Å². The lowest BCUT2D eigenvalue weighted by molar-refractivity contribution is 0.102. The van der Waals surface area contributed by atoms with Crippen molar-refractivity contribution in [2.75, 3.05) is 5.32 Å². The Labute approximate surface area is 123 Å². The first kappa shape index (κ1) is 13.4. The maximum absolute atomic E-state index is 12.0. The lowest BCUT2D eigenvalue weighted by Crippen LogP contribution is -2.11. The summed E-state index contributed by atoms with van der Waals surface area (Å²) in [6.45, 7) is 0. The molecule has 0 aromatic heterocycles. The standard InChI is InChI=1S/C13H8BrCl2NO/c14-9-5-8(6-11(16)7-9)13(18)17-12-3-1-10(15)2-4-12/h1-7H,(H,17,18). The van der Waals surface area contributed by atoms with Crippen LogP contribution in [0.2, 0.25) is 10.0 Å². The zero-order valence-electron chi connectivity index (χ0n) is 9.08. The zero-order chi connectivity index (χ0) is 13.1. The molecule has 92 valence electrons. The summed E-state index contributed by atoms with van der Waals surface area (Å²) < 4.78 is 0.760. The molecule has 2 aromatic rings. The van der Waals surface area contributed by atoms with Crippen LogP contribution in [0.3, 0.4) is 0 Å². The molecule has 0 aliphatic carbocycles. The van der Waals surface area contributed by atoms with E-state index < -0.39 is 0 Å². The molecule has 0 saturated carbocycles.